The Labute approximate surface area is 229 Å². The lowest BCUT2D eigenvalue weighted by atomic mass is 9.77. The SMILES string of the molecule is CN(C)c1ccc(/C=C2/CCCC3C2=NN(C(=O)c2ccccc2C(=O)O)C3c2ccc(N(C)C)cc2)cc1. The Hall–Kier alpha value is -4.39. The van der Waals surface area contributed by atoms with Crippen LogP contribution in [0.25, 0.3) is 6.08 Å². The fraction of sp³-hybridized carbons (Fsp3) is 0.281. The number of carboxylic acids is 1. The normalized spacial score (nSPS) is 19.4. The molecule has 1 aliphatic carbocycles. The van der Waals surface area contributed by atoms with Crippen LogP contribution in [0.2, 0.25) is 0 Å². The Kier molecular flexibility index (Phi) is 7.24. The second-order valence-electron chi connectivity index (χ2n) is 10.6. The second-order valence-corrected chi connectivity index (χ2v) is 10.6. The summed E-state index contributed by atoms with van der Waals surface area (Å²) in [7, 11) is 8.03. The predicted molar refractivity (Wildman–Crippen MR) is 157 cm³/mol. The number of benzene rings is 3. The molecule has 2 unspecified atom stereocenters. The number of anilines is 2. The first-order chi connectivity index (χ1) is 18.7. The summed E-state index contributed by atoms with van der Waals surface area (Å²) in [6.07, 6.45) is 4.95. The minimum atomic E-state index is -1.13. The molecule has 1 saturated carbocycles. The molecule has 39 heavy (non-hydrogen) atoms. The average molecular weight is 523 g/mol. The van der Waals surface area contributed by atoms with Crippen LogP contribution in [-0.4, -0.2) is 55.9 Å². The van der Waals surface area contributed by atoms with Gasteiger partial charge >= 0.3 is 5.97 Å². The third-order valence-corrected chi connectivity index (χ3v) is 7.60. The van der Waals surface area contributed by atoms with Crippen LogP contribution < -0.4 is 9.80 Å². The molecule has 5 rings (SSSR count). The standard InChI is InChI=1S/C32H34N4O3/c1-34(2)24-16-12-21(13-17-24)20-23-8-7-11-28-29(23)33-36(30(28)22-14-18-25(19-15-22)35(3)4)31(37)26-9-5-6-10-27(26)32(38)39/h5-6,9-10,12-20,28,30H,7-8,11H2,1-4H3,(H,38,39)/b23-20-. The molecule has 3 aromatic rings. The minimum Gasteiger partial charge on any atom is -0.478 e. The first-order valence-corrected chi connectivity index (χ1v) is 13.2. The summed E-state index contributed by atoms with van der Waals surface area (Å²) in [5.41, 5.74) is 6.45. The molecule has 7 nitrogen and oxygen atoms in total. The van der Waals surface area contributed by atoms with Crippen molar-refractivity contribution < 1.29 is 14.7 Å². The molecule has 1 heterocycles. The molecule has 0 bridgehead atoms. The van der Waals surface area contributed by atoms with Gasteiger partial charge in [-0.05, 0) is 78.4 Å². The molecule has 200 valence electrons. The van der Waals surface area contributed by atoms with Crippen LogP contribution in [0.5, 0.6) is 0 Å². The van der Waals surface area contributed by atoms with E-state index >= 15 is 0 Å². The van der Waals surface area contributed by atoms with Gasteiger partial charge in [0.1, 0.15) is 0 Å². The van der Waals surface area contributed by atoms with Gasteiger partial charge in [0, 0.05) is 45.5 Å². The zero-order valence-electron chi connectivity index (χ0n) is 22.8. The maximum Gasteiger partial charge on any atom is 0.336 e. The Bertz CT molecular complexity index is 1440. The van der Waals surface area contributed by atoms with Crippen LogP contribution in [0.1, 0.15) is 57.1 Å². The molecule has 0 aromatic heterocycles. The molecular weight excluding hydrogens is 488 g/mol. The maximum atomic E-state index is 14.0. The van der Waals surface area contributed by atoms with Crippen LogP contribution in [0, 0.1) is 5.92 Å². The van der Waals surface area contributed by atoms with Crippen molar-refractivity contribution in [1.82, 2.24) is 5.01 Å². The summed E-state index contributed by atoms with van der Waals surface area (Å²) >= 11 is 0. The van der Waals surface area contributed by atoms with Crippen LogP contribution in [0.4, 0.5) is 11.4 Å². The first kappa shape index (κ1) is 26.2. The van der Waals surface area contributed by atoms with Gasteiger partial charge in [-0.1, -0.05) is 36.4 Å². The second kappa shape index (κ2) is 10.8. The summed E-state index contributed by atoms with van der Waals surface area (Å²) in [6.45, 7) is 0. The smallest absolute Gasteiger partial charge is 0.336 e. The van der Waals surface area contributed by atoms with E-state index < -0.39 is 11.9 Å². The van der Waals surface area contributed by atoms with Crippen LogP contribution in [-0.2, 0) is 0 Å². The summed E-state index contributed by atoms with van der Waals surface area (Å²) in [5, 5.41) is 16.2. The molecule has 2 aliphatic rings. The van der Waals surface area contributed by atoms with E-state index in [-0.39, 0.29) is 23.1 Å². The van der Waals surface area contributed by atoms with Gasteiger partial charge in [0.25, 0.3) is 5.91 Å². The highest BCUT2D eigenvalue weighted by Gasteiger charge is 2.44. The predicted octanol–water partition coefficient (Wildman–Crippen LogP) is 5.95. The summed E-state index contributed by atoms with van der Waals surface area (Å²) < 4.78 is 0. The molecule has 0 saturated heterocycles. The third-order valence-electron chi connectivity index (χ3n) is 7.60. The number of hydrogen-bond donors (Lipinski definition) is 1. The van der Waals surface area contributed by atoms with Crippen molar-refractivity contribution >= 4 is 35.0 Å². The van der Waals surface area contributed by atoms with Gasteiger partial charge in [-0.15, -0.1) is 0 Å². The molecule has 7 heteroatoms. The number of amides is 1. The van der Waals surface area contributed by atoms with E-state index in [4.69, 9.17) is 5.10 Å². The van der Waals surface area contributed by atoms with Crippen molar-refractivity contribution in [1.29, 1.82) is 0 Å². The summed E-state index contributed by atoms with van der Waals surface area (Å²) in [4.78, 5) is 30.0. The maximum absolute atomic E-state index is 14.0. The highest BCUT2D eigenvalue weighted by Crippen LogP contribution is 2.45. The Balaban J connectivity index is 1.58. The molecule has 3 aromatic carbocycles. The van der Waals surface area contributed by atoms with Crippen molar-refractivity contribution in [3.05, 3.63) is 101 Å². The first-order valence-electron chi connectivity index (χ1n) is 13.2. The van der Waals surface area contributed by atoms with E-state index in [1.165, 1.54) is 11.1 Å². The van der Waals surface area contributed by atoms with E-state index in [0.29, 0.717) is 0 Å². The number of hydrazone groups is 1. The lowest BCUT2D eigenvalue weighted by Gasteiger charge is -2.30. The molecule has 1 aliphatic heterocycles. The van der Waals surface area contributed by atoms with Gasteiger partial charge in [-0.3, -0.25) is 4.79 Å². The lowest BCUT2D eigenvalue weighted by molar-refractivity contribution is 0.0646. The van der Waals surface area contributed by atoms with Crippen LogP contribution >= 0.6 is 0 Å². The van der Waals surface area contributed by atoms with Crippen LogP contribution in [0.15, 0.2) is 83.5 Å². The zero-order valence-corrected chi connectivity index (χ0v) is 22.8. The molecule has 0 spiro atoms. The van der Waals surface area contributed by atoms with Gasteiger partial charge in [-0.25, -0.2) is 9.80 Å². The summed E-state index contributed by atoms with van der Waals surface area (Å²) in [6, 6.07) is 22.7. The number of fused-ring (bicyclic) bond motifs is 1. The lowest BCUT2D eigenvalue weighted by Crippen LogP contribution is -2.32. The van der Waals surface area contributed by atoms with Gasteiger partial charge in [-0.2, -0.15) is 5.10 Å². The monoisotopic (exact) mass is 522 g/mol. The van der Waals surface area contributed by atoms with Crippen molar-refractivity contribution in [2.75, 3.05) is 38.0 Å². The average Bonchev–Trinajstić information content (AvgIpc) is 3.33. The van der Waals surface area contributed by atoms with Crippen molar-refractivity contribution in [3.63, 3.8) is 0 Å². The van der Waals surface area contributed by atoms with E-state index in [2.05, 4.69) is 47.4 Å². The number of nitrogens with zero attached hydrogens (tertiary/aromatic N) is 4. The Morgan fingerprint density at radius 1 is 0.872 bits per heavy atom. The minimum absolute atomic E-state index is 0.0176. The van der Waals surface area contributed by atoms with Gasteiger partial charge in [0.2, 0.25) is 0 Å². The largest absolute Gasteiger partial charge is 0.478 e. The van der Waals surface area contributed by atoms with Crippen molar-refractivity contribution in [3.8, 4) is 0 Å². The molecular formula is C32H34N4O3. The van der Waals surface area contributed by atoms with E-state index in [0.717, 1.165) is 53.0 Å². The van der Waals surface area contributed by atoms with Gasteiger partial charge < -0.3 is 14.9 Å². The van der Waals surface area contributed by atoms with Gasteiger partial charge in [0.05, 0.1) is 22.9 Å². The highest BCUT2D eigenvalue weighted by atomic mass is 16.4. The number of rotatable bonds is 6. The third kappa shape index (κ3) is 5.17. The Morgan fingerprint density at radius 2 is 1.46 bits per heavy atom. The van der Waals surface area contributed by atoms with Crippen molar-refractivity contribution in [2.45, 2.75) is 25.3 Å². The molecule has 1 fully saturated rings. The molecule has 0 radical (unpaired) electrons. The fourth-order valence-corrected chi connectivity index (χ4v) is 5.52. The topological polar surface area (TPSA) is 76.4 Å². The van der Waals surface area contributed by atoms with E-state index in [1.54, 1.807) is 18.2 Å². The van der Waals surface area contributed by atoms with Crippen LogP contribution in [0.3, 0.4) is 0 Å². The number of hydrogen-bond acceptors (Lipinski definition) is 5. The molecule has 1 amide bonds. The fourth-order valence-electron chi connectivity index (χ4n) is 5.52. The molecule has 2 atom stereocenters. The highest BCUT2D eigenvalue weighted by molar-refractivity contribution is 6.10. The number of carbonyl (C=O) groups excluding carboxylic acids is 1. The zero-order chi connectivity index (χ0) is 27.7. The quantitative estimate of drug-likeness (QED) is 0.433. The Morgan fingerprint density at radius 3 is 2.05 bits per heavy atom. The van der Waals surface area contributed by atoms with Crippen molar-refractivity contribution in [2.24, 2.45) is 11.0 Å². The number of allylic oxidation sites excluding steroid dienone is 1. The van der Waals surface area contributed by atoms with E-state index in [1.807, 2.05) is 45.2 Å². The number of aromatic carboxylic acids is 1. The van der Waals surface area contributed by atoms with E-state index in [9.17, 15) is 14.7 Å². The molecule has 1 N–H and O–H groups in total. The number of carbonyl (C=O) groups is 2. The van der Waals surface area contributed by atoms with Gasteiger partial charge in [0.15, 0.2) is 0 Å². The number of carboxylic acid groups (broad SMARTS) is 1. The summed E-state index contributed by atoms with van der Waals surface area (Å²) in [5.74, 6) is -1.50.